The van der Waals surface area contributed by atoms with Crippen molar-refractivity contribution in [2.75, 3.05) is 6.61 Å². The zero-order chi connectivity index (χ0) is 12.2. The fraction of sp³-hybridized carbons (Fsp3) is 0.200. The van der Waals surface area contributed by atoms with Crippen molar-refractivity contribution in [1.29, 1.82) is 0 Å². The number of rotatable bonds is 5. The second kappa shape index (κ2) is 5.41. The Morgan fingerprint density at radius 3 is 2.62 bits per heavy atom. The standard InChI is InChI=1S/C10H10BClF3O/c1-8(11(13,14)15)6-16-7-9-3-2-4-10(12)5-9/h2-5H,1,6-7H2/q-1. The lowest BCUT2D eigenvalue weighted by Crippen LogP contribution is -2.22. The summed E-state index contributed by atoms with van der Waals surface area (Å²) in [7, 11) is 0. The summed E-state index contributed by atoms with van der Waals surface area (Å²) in [5, 5.41) is 0.528. The molecule has 16 heavy (non-hydrogen) atoms. The minimum atomic E-state index is -5.01. The maximum absolute atomic E-state index is 12.1. The zero-order valence-corrected chi connectivity index (χ0v) is 9.18. The van der Waals surface area contributed by atoms with Crippen LogP contribution in [0.3, 0.4) is 0 Å². The number of hydrogen-bond donors (Lipinski definition) is 0. The Morgan fingerprint density at radius 2 is 2.06 bits per heavy atom. The van der Waals surface area contributed by atoms with Crippen LogP contribution in [-0.4, -0.2) is 13.6 Å². The van der Waals surface area contributed by atoms with E-state index in [2.05, 4.69) is 6.58 Å². The lowest BCUT2D eigenvalue weighted by atomic mass is 9.81. The summed E-state index contributed by atoms with van der Waals surface area (Å²) >= 11 is 5.71. The van der Waals surface area contributed by atoms with E-state index < -0.39 is 19.1 Å². The highest BCUT2D eigenvalue weighted by Crippen LogP contribution is 2.19. The van der Waals surface area contributed by atoms with E-state index in [0.29, 0.717) is 5.02 Å². The summed E-state index contributed by atoms with van der Waals surface area (Å²) in [5.41, 5.74) is -0.1000. The molecule has 1 aromatic rings. The molecule has 0 aliphatic heterocycles. The van der Waals surface area contributed by atoms with Gasteiger partial charge in [-0.15, -0.1) is 12.1 Å². The van der Waals surface area contributed by atoms with Crippen LogP contribution >= 0.6 is 11.6 Å². The molecule has 0 aliphatic rings. The molecule has 0 radical (unpaired) electrons. The minimum Gasteiger partial charge on any atom is -0.445 e. The van der Waals surface area contributed by atoms with Gasteiger partial charge in [-0.2, -0.15) is 0 Å². The molecule has 0 N–H and O–H groups in total. The summed E-state index contributed by atoms with van der Waals surface area (Å²) < 4.78 is 41.2. The van der Waals surface area contributed by atoms with Crippen LogP contribution in [0.1, 0.15) is 5.56 Å². The van der Waals surface area contributed by atoms with Crippen molar-refractivity contribution in [3.05, 3.63) is 46.9 Å². The normalized spacial score (nSPS) is 11.5. The molecule has 0 bridgehead atoms. The van der Waals surface area contributed by atoms with Crippen LogP contribution in [0, 0.1) is 0 Å². The molecule has 0 fully saturated rings. The third kappa shape index (κ3) is 4.29. The van der Waals surface area contributed by atoms with E-state index in [9.17, 15) is 12.9 Å². The summed E-state index contributed by atoms with van der Waals surface area (Å²) in [6, 6.07) is 6.77. The van der Waals surface area contributed by atoms with E-state index in [0.717, 1.165) is 5.56 Å². The molecular formula is C10H10BClF3O-. The van der Waals surface area contributed by atoms with Crippen LogP contribution in [-0.2, 0) is 11.3 Å². The van der Waals surface area contributed by atoms with Gasteiger partial charge in [0.15, 0.2) is 0 Å². The molecule has 0 aromatic heterocycles. The van der Waals surface area contributed by atoms with Crippen molar-refractivity contribution in [2.24, 2.45) is 0 Å². The Hall–Kier alpha value is -0.935. The first-order chi connectivity index (χ1) is 7.39. The molecule has 0 heterocycles. The number of ether oxygens (including phenoxy) is 1. The van der Waals surface area contributed by atoms with Gasteiger partial charge in [-0.3, -0.25) is 0 Å². The predicted molar refractivity (Wildman–Crippen MR) is 59.3 cm³/mol. The molecule has 0 amide bonds. The van der Waals surface area contributed by atoms with E-state index >= 15 is 0 Å². The van der Waals surface area contributed by atoms with Gasteiger partial charge >= 0.3 is 6.98 Å². The van der Waals surface area contributed by atoms with Gasteiger partial charge in [0.2, 0.25) is 0 Å². The Bertz CT molecular complexity index is 379. The van der Waals surface area contributed by atoms with Crippen LogP contribution in [0.2, 0.25) is 5.02 Å². The predicted octanol–water partition coefficient (Wildman–Crippen LogP) is 3.80. The van der Waals surface area contributed by atoms with E-state index in [1.807, 2.05) is 0 Å². The largest absolute Gasteiger partial charge is 0.507 e. The van der Waals surface area contributed by atoms with E-state index in [1.165, 1.54) is 0 Å². The van der Waals surface area contributed by atoms with Crippen molar-refractivity contribution in [1.82, 2.24) is 0 Å². The second-order valence-corrected chi connectivity index (χ2v) is 3.79. The van der Waals surface area contributed by atoms with E-state index in [-0.39, 0.29) is 6.61 Å². The van der Waals surface area contributed by atoms with Gasteiger partial charge in [0, 0.05) is 11.6 Å². The summed E-state index contributed by atoms with van der Waals surface area (Å²) in [6.45, 7) is -2.50. The molecule has 1 rings (SSSR count). The molecule has 0 spiro atoms. The quantitative estimate of drug-likeness (QED) is 0.721. The first-order valence-corrected chi connectivity index (χ1v) is 4.97. The average molecular weight is 249 g/mol. The fourth-order valence-corrected chi connectivity index (χ4v) is 1.23. The smallest absolute Gasteiger partial charge is 0.445 e. The molecule has 1 aromatic carbocycles. The molecule has 0 saturated heterocycles. The topological polar surface area (TPSA) is 9.23 Å². The lowest BCUT2D eigenvalue weighted by Gasteiger charge is -2.17. The van der Waals surface area contributed by atoms with E-state index in [1.54, 1.807) is 24.3 Å². The highest BCUT2D eigenvalue weighted by atomic mass is 35.5. The maximum Gasteiger partial charge on any atom is 0.507 e. The molecule has 0 saturated carbocycles. The minimum absolute atomic E-state index is 0.0890. The molecule has 1 nitrogen and oxygen atoms in total. The van der Waals surface area contributed by atoms with Gasteiger partial charge in [0.05, 0.1) is 6.61 Å². The van der Waals surface area contributed by atoms with Gasteiger partial charge in [0.1, 0.15) is 0 Å². The Kier molecular flexibility index (Phi) is 4.44. The van der Waals surface area contributed by atoms with Crippen LogP contribution in [0.25, 0.3) is 0 Å². The van der Waals surface area contributed by atoms with Crippen molar-refractivity contribution in [2.45, 2.75) is 6.61 Å². The highest BCUT2D eigenvalue weighted by Gasteiger charge is 2.26. The molecule has 6 heteroatoms. The van der Waals surface area contributed by atoms with Crippen LogP contribution in [0.5, 0.6) is 0 Å². The van der Waals surface area contributed by atoms with Crippen molar-refractivity contribution in [3.63, 3.8) is 0 Å². The van der Waals surface area contributed by atoms with Gasteiger partial charge in [-0.05, 0) is 17.7 Å². The summed E-state index contributed by atoms with van der Waals surface area (Å²) in [4.78, 5) is 0. The maximum atomic E-state index is 12.1. The van der Waals surface area contributed by atoms with Crippen molar-refractivity contribution in [3.8, 4) is 0 Å². The monoisotopic (exact) mass is 249 g/mol. The molecule has 0 unspecified atom stereocenters. The lowest BCUT2D eigenvalue weighted by molar-refractivity contribution is 0.143. The van der Waals surface area contributed by atoms with E-state index in [4.69, 9.17) is 16.3 Å². The molecule has 0 aliphatic carbocycles. The molecular weight excluding hydrogens is 239 g/mol. The van der Waals surface area contributed by atoms with Crippen LogP contribution < -0.4 is 0 Å². The highest BCUT2D eigenvalue weighted by molar-refractivity contribution is 6.66. The Labute approximate surface area is 96.9 Å². The summed E-state index contributed by atoms with van der Waals surface area (Å²) in [5.74, 6) is 0. The fourth-order valence-electron chi connectivity index (χ4n) is 1.02. The Balaban J connectivity index is 2.39. The van der Waals surface area contributed by atoms with Gasteiger partial charge in [-0.25, -0.2) is 0 Å². The first-order valence-electron chi connectivity index (χ1n) is 4.59. The average Bonchev–Trinajstić information content (AvgIpc) is 2.16. The molecule has 88 valence electrons. The van der Waals surface area contributed by atoms with Gasteiger partial charge < -0.3 is 17.7 Å². The molecule has 0 atom stereocenters. The van der Waals surface area contributed by atoms with Crippen LogP contribution in [0.15, 0.2) is 36.3 Å². The third-order valence-electron chi connectivity index (χ3n) is 1.91. The Morgan fingerprint density at radius 1 is 1.38 bits per heavy atom. The first kappa shape index (κ1) is 13.1. The zero-order valence-electron chi connectivity index (χ0n) is 8.43. The number of halogens is 4. The van der Waals surface area contributed by atoms with Gasteiger partial charge in [0.25, 0.3) is 0 Å². The third-order valence-corrected chi connectivity index (χ3v) is 2.14. The van der Waals surface area contributed by atoms with Crippen molar-refractivity contribution < 1.29 is 17.7 Å². The van der Waals surface area contributed by atoms with Crippen molar-refractivity contribution >= 4 is 18.6 Å². The van der Waals surface area contributed by atoms with Gasteiger partial charge in [-0.1, -0.05) is 23.7 Å². The SMILES string of the molecule is C=C(COCc1cccc(Cl)c1)[B-](F)(F)F. The summed E-state index contributed by atoms with van der Waals surface area (Å²) in [6.07, 6.45) is 0. The second-order valence-electron chi connectivity index (χ2n) is 3.36. The number of hydrogen-bond acceptors (Lipinski definition) is 1. The number of benzene rings is 1. The van der Waals surface area contributed by atoms with Crippen LogP contribution in [0.4, 0.5) is 12.9 Å².